The molecule has 3 N–H and O–H groups in total. The highest BCUT2D eigenvalue weighted by molar-refractivity contribution is 5.90. The molecule has 1 aromatic heterocycles. The summed E-state index contributed by atoms with van der Waals surface area (Å²) >= 11 is 0. The third-order valence-electron chi connectivity index (χ3n) is 4.73. The van der Waals surface area contributed by atoms with E-state index >= 15 is 0 Å². The molecule has 0 aliphatic rings. The second kappa shape index (κ2) is 11.5. The highest BCUT2D eigenvalue weighted by Crippen LogP contribution is 2.19. The normalized spacial score (nSPS) is 11.2. The number of carbonyl (C=O) groups is 1. The number of ether oxygens (including phenoxy) is 1. The Morgan fingerprint density at radius 1 is 1.16 bits per heavy atom. The predicted molar refractivity (Wildman–Crippen MR) is 127 cm³/mol. The van der Waals surface area contributed by atoms with Gasteiger partial charge in [0.1, 0.15) is 12.3 Å². The maximum absolute atomic E-state index is 12.2. The van der Waals surface area contributed by atoms with Crippen molar-refractivity contribution < 1.29 is 9.53 Å². The first-order valence-corrected chi connectivity index (χ1v) is 10.6. The number of guanidine groups is 1. The molecule has 0 bridgehead atoms. The molecule has 0 radical (unpaired) electrons. The molecule has 32 heavy (non-hydrogen) atoms. The van der Waals surface area contributed by atoms with Gasteiger partial charge in [-0.25, -0.2) is 4.99 Å². The summed E-state index contributed by atoms with van der Waals surface area (Å²) in [6.07, 6.45) is 3.41. The molecule has 0 spiro atoms. The molecule has 0 fully saturated rings. The number of carbonyl (C=O) groups excluding carboxylic acids is 1. The molecule has 3 rings (SSSR count). The quantitative estimate of drug-likeness (QED) is 0.356. The largest absolute Gasteiger partial charge is 0.496 e. The first-order chi connectivity index (χ1) is 15.6. The van der Waals surface area contributed by atoms with Crippen molar-refractivity contribution in [3.8, 4) is 5.75 Å². The van der Waals surface area contributed by atoms with Gasteiger partial charge in [-0.3, -0.25) is 9.48 Å². The molecule has 1 amide bonds. The summed E-state index contributed by atoms with van der Waals surface area (Å²) in [5.74, 6) is 1.44. The Morgan fingerprint density at radius 3 is 2.78 bits per heavy atom. The predicted octanol–water partition coefficient (Wildman–Crippen LogP) is 3.09. The Hall–Kier alpha value is -3.81. The Bertz CT molecular complexity index is 1050. The number of rotatable bonds is 9. The Kier molecular flexibility index (Phi) is 8.25. The summed E-state index contributed by atoms with van der Waals surface area (Å²) in [5.41, 5.74) is 3.94. The summed E-state index contributed by atoms with van der Waals surface area (Å²) in [5, 5.41) is 13.6. The number of aliphatic imine (C=N–C) groups is 1. The number of benzene rings is 2. The highest BCUT2D eigenvalue weighted by Gasteiger charge is 2.06. The first kappa shape index (κ1) is 22.9. The minimum absolute atomic E-state index is 0.128. The lowest BCUT2D eigenvalue weighted by Crippen LogP contribution is -2.36. The Labute approximate surface area is 188 Å². The van der Waals surface area contributed by atoms with Gasteiger partial charge in [0.25, 0.3) is 0 Å². The summed E-state index contributed by atoms with van der Waals surface area (Å²) in [6.45, 7) is 6.06. The van der Waals surface area contributed by atoms with Crippen molar-refractivity contribution >= 4 is 17.6 Å². The van der Waals surface area contributed by atoms with Crippen LogP contribution in [0.25, 0.3) is 0 Å². The number of aryl methyl sites for hydroxylation is 1. The molecule has 1 heterocycles. The number of hydrogen-bond donors (Lipinski definition) is 3. The zero-order valence-corrected chi connectivity index (χ0v) is 18.8. The van der Waals surface area contributed by atoms with Gasteiger partial charge in [-0.1, -0.05) is 24.3 Å². The Balaban J connectivity index is 1.60. The number of aromatic nitrogens is 2. The van der Waals surface area contributed by atoms with E-state index in [1.54, 1.807) is 30.3 Å². The van der Waals surface area contributed by atoms with Crippen molar-refractivity contribution in [3.05, 3.63) is 77.6 Å². The van der Waals surface area contributed by atoms with Crippen LogP contribution in [0.15, 0.2) is 65.9 Å². The van der Waals surface area contributed by atoms with E-state index < -0.39 is 0 Å². The highest BCUT2D eigenvalue weighted by atomic mass is 16.5. The summed E-state index contributed by atoms with van der Waals surface area (Å²) in [4.78, 5) is 16.9. The number of anilines is 1. The van der Waals surface area contributed by atoms with Crippen LogP contribution in [0, 0.1) is 6.92 Å². The van der Waals surface area contributed by atoms with Crippen molar-refractivity contribution in [1.29, 1.82) is 0 Å². The van der Waals surface area contributed by atoms with Crippen LogP contribution in [0.4, 0.5) is 5.69 Å². The Morgan fingerprint density at radius 2 is 2.03 bits per heavy atom. The lowest BCUT2D eigenvalue weighted by Gasteiger charge is -2.14. The van der Waals surface area contributed by atoms with Crippen LogP contribution >= 0.6 is 0 Å². The van der Waals surface area contributed by atoms with Gasteiger partial charge < -0.3 is 20.7 Å². The van der Waals surface area contributed by atoms with Gasteiger partial charge in [0, 0.05) is 36.7 Å². The molecule has 2 aromatic carbocycles. The average Bonchev–Trinajstić information content (AvgIpc) is 3.29. The summed E-state index contributed by atoms with van der Waals surface area (Å²) in [6, 6.07) is 15.6. The molecule has 3 aromatic rings. The van der Waals surface area contributed by atoms with Crippen molar-refractivity contribution in [2.45, 2.75) is 33.5 Å². The molecule has 0 aliphatic carbocycles. The monoisotopic (exact) mass is 434 g/mol. The minimum atomic E-state index is -0.128. The summed E-state index contributed by atoms with van der Waals surface area (Å²) < 4.78 is 7.07. The molecule has 0 saturated carbocycles. The van der Waals surface area contributed by atoms with Crippen LogP contribution in [0.5, 0.6) is 5.75 Å². The molecule has 0 atom stereocenters. The van der Waals surface area contributed by atoms with Crippen LogP contribution in [0.3, 0.4) is 0 Å². The maximum Gasteiger partial charge on any atom is 0.246 e. The van der Waals surface area contributed by atoms with Crippen molar-refractivity contribution in [1.82, 2.24) is 20.4 Å². The molecule has 8 heteroatoms. The molecule has 0 unspecified atom stereocenters. The van der Waals surface area contributed by atoms with Gasteiger partial charge in [0.2, 0.25) is 5.91 Å². The number of amides is 1. The average molecular weight is 435 g/mol. The van der Waals surface area contributed by atoms with Gasteiger partial charge >= 0.3 is 0 Å². The SMILES string of the molecule is CCNC(=NCc1cccc(NC(=O)Cn2cccn2)c1)NCc1ccc(C)cc1OC. The van der Waals surface area contributed by atoms with E-state index in [1.807, 2.05) is 44.2 Å². The second-order valence-corrected chi connectivity index (χ2v) is 7.32. The van der Waals surface area contributed by atoms with E-state index in [2.05, 4.69) is 38.2 Å². The standard InChI is InChI=1S/C24H30N6O2/c1-4-25-24(27-16-20-10-9-18(2)13-22(20)32-3)26-15-19-7-5-8-21(14-19)29-23(31)17-30-12-6-11-28-30/h5-14H,4,15-17H2,1-3H3,(H,29,31)(H2,25,26,27). The van der Waals surface area contributed by atoms with Crippen LogP contribution in [-0.4, -0.2) is 35.3 Å². The zero-order chi connectivity index (χ0) is 22.8. The van der Waals surface area contributed by atoms with E-state index in [0.717, 1.165) is 34.7 Å². The third kappa shape index (κ3) is 6.87. The second-order valence-electron chi connectivity index (χ2n) is 7.32. The smallest absolute Gasteiger partial charge is 0.246 e. The van der Waals surface area contributed by atoms with E-state index in [-0.39, 0.29) is 12.5 Å². The molecular formula is C24H30N6O2. The molecule has 0 aliphatic heterocycles. The zero-order valence-electron chi connectivity index (χ0n) is 18.8. The van der Waals surface area contributed by atoms with Crippen molar-refractivity contribution in [3.63, 3.8) is 0 Å². The fourth-order valence-electron chi connectivity index (χ4n) is 3.18. The fourth-order valence-corrected chi connectivity index (χ4v) is 3.18. The van der Waals surface area contributed by atoms with Crippen LogP contribution in [0.2, 0.25) is 0 Å². The van der Waals surface area contributed by atoms with Crippen LogP contribution in [0.1, 0.15) is 23.6 Å². The maximum atomic E-state index is 12.2. The van der Waals surface area contributed by atoms with E-state index in [0.29, 0.717) is 19.0 Å². The topological polar surface area (TPSA) is 92.6 Å². The number of nitrogens with zero attached hydrogens (tertiary/aromatic N) is 3. The van der Waals surface area contributed by atoms with E-state index in [4.69, 9.17) is 4.74 Å². The molecule has 8 nitrogen and oxygen atoms in total. The lowest BCUT2D eigenvalue weighted by molar-refractivity contribution is -0.116. The fraction of sp³-hybridized carbons (Fsp3) is 0.292. The number of nitrogens with one attached hydrogen (secondary N) is 3. The third-order valence-corrected chi connectivity index (χ3v) is 4.73. The van der Waals surface area contributed by atoms with Crippen LogP contribution in [-0.2, 0) is 24.4 Å². The van der Waals surface area contributed by atoms with E-state index in [9.17, 15) is 4.79 Å². The lowest BCUT2D eigenvalue weighted by atomic mass is 10.1. The summed E-state index contributed by atoms with van der Waals surface area (Å²) in [7, 11) is 1.68. The van der Waals surface area contributed by atoms with Gasteiger partial charge in [0.15, 0.2) is 5.96 Å². The van der Waals surface area contributed by atoms with Crippen LogP contribution < -0.4 is 20.7 Å². The minimum Gasteiger partial charge on any atom is -0.496 e. The molecule has 168 valence electrons. The number of hydrogen-bond acceptors (Lipinski definition) is 4. The molecule has 0 saturated heterocycles. The van der Waals surface area contributed by atoms with Crippen molar-refractivity contribution in [2.75, 3.05) is 19.0 Å². The first-order valence-electron chi connectivity index (χ1n) is 10.6. The van der Waals surface area contributed by atoms with E-state index in [1.165, 1.54) is 0 Å². The van der Waals surface area contributed by atoms with Gasteiger partial charge in [-0.2, -0.15) is 5.10 Å². The number of methoxy groups -OCH3 is 1. The van der Waals surface area contributed by atoms with Crippen molar-refractivity contribution in [2.24, 2.45) is 4.99 Å². The van der Waals surface area contributed by atoms with Gasteiger partial charge in [0.05, 0.1) is 13.7 Å². The van der Waals surface area contributed by atoms with Gasteiger partial charge in [-0.15, -0.1) is 0 Å². The van der Waals surface area contributed by atoms with Gasteiger partial charge in [-0.05, 0) is 49.2 Å². The molecular weight excluding hydrogens is 404 g/mol.